The van der Waals surface area contributed by atoms with Gasteiger partial charge in [-0.05, 0) is 49.7 Å². The van der Waals surface area contributed by atoms with Crippen molar-refractivity contribution in [3.05, 3.63) is 58.6 Å². The van der Waals surface area contributed by atoms with Crippen LogP contribution in [0.25, 0.3) is 0 Å². The number of piperidine rings is 1. The van der Waals surface area contributed by atoms with E-state index in [0.29, 0.717) is 22.3 Å². The molecule has 2 amide bonds. The fraction of sp³-hybridized carbons (Fsp3) is 0.300. The standard InChI is InChI=1S/C20H21Cl2N3O2/c21-17-9-8-16(11-18(17)22)23-19(26)13-25-10-4-5-14(12-25)20(27)24-15-6-2-1-3-7-15/h1-3,6-9,11,14H,4-5,10,12-13H2,(H,23,26)(H,24,27). The first kappa shape index (κ1) is 19.7. The Kier molecular flexibility index (Phi) is 6.72. The maximum atomic E-state index is 12.5. The van der Waals surface area contributed by atoms with E-state index in [1.807, 2.05) is 35.2 Å². The number of nitrogens with one attached hydrogen (secondary N) is 2. The number of anilines is 2. The van der Waals surface area contributed by atoms with Crippen LogP contribution in [0.1, 0.15) is 12.8 Å². The van der Waals surface area contributed by atoms with E-state index in [2.05, 4.69) is 10.6 Å². The van der Waals surface area contributed by atoms with E-state index in [0.717, 1.165) is 25.1 Å². The van der Waals surface area contributed by atoms with Crippen molar-refractivity contribution in [3.8, 4) is 0 Å². The van der Waals surface area contributed by atoms with Gasteiger partial charge < -0.3 is 10.6 Å². The molecule has 27 heavy (non-hydrogen) atoms. The summed E-state index contributed by atoms with van der Waals surface area (Å²) in [5.41, 5.74) is 1.39. The minimum absolute atomic E-state index is 0.00390. The Morgan fingerprint density at radius 1 is 1.00 bits per heavy atom. The van der Waals surface area contributed by atoms with Crippen LogP contribution in [-0.2, 0) is 9.59 Å². The number of carbonyl (C=O) groups excluding carboxylic acids is 2. The highest BCUT2D eigenvalue weighted by Gasteiger charge is 2.26. The molecular weight excluding hydrogens is 385 g/mol. The average molecular weight is 406 g/mol. The van der Waals surface area contributed by atoms with E-state index in [1.54, 1.807) is 18.2 Å². The number of amides is 2. The van der Waals surface area contributed by atoms with Crippen molar-refractivity contribution < 1.29 is 9.59 Å². The fourth-order valence-electron chi connectivity index (χ4n) is 3.16. The lowest BCUT2D eigenvalue weighted by Gasteiger charge is -2.31. The number of para-hydroxylation sites is 1. The van der Waals surface area contributed by atoms with Gasteiger partial charge in [-0.2, -0.15) is 0 Å². The van der Waals surface area contributed by atoms with Gasteiger partial charge in [0.25, 0.3) is 0 Å². The fourth-order valence-corrected chi connectivity index (χ4v) is 3.45. The molecule has 142 valence electrons. The van der Waals surface area contributed by atoms with Gasteiger partial charge in [-0.1, -0.05) is 41.4 Å². The molecule has 0 aliphatic carbocycles. The van der Waals surface area contributed by atoms with Crippen molar-refractivity contribution in [2.45, 2.75) is 12.8 Å². The van der Waals surface area contributed by atoms with Crippen molar-refractivity contribution in [1.29, 1.82) is 0 Å². The minimum Gasteiger partial charge on any atom is -0.326 e. The Bertz CT molecular complexity index is 814. The number of carbonyl (C=O) groups is 2. The SMILES string of the molecule is O=C(CN1CCCC(C(=O)Nc2ccccc2)C1)Nc1ccc(Cl)c(Cl)c1. The zero-order valence-electron chi connectivity index (χ0n) is 14.8. The first-order valence-electron chi connectivity index (χ1n) is 8.84. The predicted molar refractivity (Wildman–Crippen MR) is 109 cm³/mol. The number of hydrogen-bond donors (Lipinski definition) is 2. The topological polar surface area (TPSA) is 61.4 Å². The van der Waals surface area contributed by atoms with Gasteiger partial charge in [0, 0.05) is 17.9 Å². The van der Waals surface area contributed by atoms with Crippen LogP contribution in [0.5, 0.6) is 0 Å². The van der Waals surface area contributed by atoms with Gasteiger partial charge in [0.15, 0.2) is 0 Å². The molecule has 5 nitrogen and oxygen atoms in total. The van der Waals surface area contributed by atoms with E-state index >= 15 is 0 Å². The number of nitrogens with zero attached hydrogens (tertiary/aromatic N) is 1. The lowest BCUT2D eigenvalue weighted by atomic mass is 9.97. The monoisotopic (exact) mass is 405 g/mol. The molecule has 2 aromatic rings. The molecule has 3 rings (SSSR count). The molecule has 1 aliphatic heterocycles. The van der Waals surface area contributed by atoms with Crippen LogP contribution in [-0.4, -0.2) is 36.3 Å². The Morgan fingerprint density at radius 3 is 2.52 bits per heavy atom. The Balaban J connectivity index is 1.52. The molecule has 1 fully saturated rings. The molecule has 7 heteroatoms. The molecule has 0 bridgehead atoms. The van der Waals surface area contributed by atoms with Crippen LogP contribution in [0, 0.1) is 5.92 Å². The highest BCUT2D eigenvalue weighted by molar-refractivity contribution is 6.42. The molecule has 2 aromatic carbocycles. The van der Waals surface area contributed by atoms with Crippen molar-refractivity contribution in [1.82, 2.24) is 4.90 Å². The van der Waals surface area contributed by atoms with Gasteiger partial charge in [0.1, 0.15) is 0 Å². The van der Waals surface area contributed by atoms with E-state index in [1.165, 1.54) is 0 Å². The minimum atomic E-state index is -0.141. The Hall–Kier alpha value is -2.08. The second-order valence-corrected chi connectivity index (χ2v) is 7.42. The van der Waals surface area contributed by atoms with E-state index in [-0.39, 0.29) is 24.3 Å². The van der Waals surface area contributed by atoms with Gasteiger partial charge in [-0.25, -0.2) is 0 Å². The van der Waals surface area contributed by atoms with Crippen molar-refractivity contribution in [3.63, 3.8) is 0 Å². The summed E-state index contributed by atoms with van der Waals surface area (Å²) in [6.07, 6.45) is 1.70. The second kappa shape index (κ2) is 9.22. The van der Waals surface area contributed by atoms with Crippen LogP contribution in [0.2, 0.25) is 10.0 Å². The lowest BCUT2D eigenvalue weighted by Crippen LogP contribution is -2.43. The summed E-state index contributed by atoms with van der Waals surface area (Å²) in [5.74, 6) is -0.273. The Labute approximate surface area is 168 Å². The predicted octanol–water partition coefficient (Wildman–Crippen LogP) is 4.28. The third kappa shape index (κ3) is 5.70. The number of likely N-dealkylation sites (tertiary alicyclic amines) is 1. The summed E-state index contributed by atoms with van der Waals surface area (Å²) in [6, 6.07) is 14.4. The second-order valence-electron chi connectivity index (χ2n) is 6.61. The molecule has 2 N–H and O–H groups in total. The molecule has 1 heterocycles. The van der Waals surface area contributed by atoms with Crippen molar-refractivity contribution >= 4 is 46.4 Å². The van der Waals surface area contributed by atoms with Crippen LogP contribution < -0.4 is 10.6 Å². The maximum Gasteiger partial charge on any atom is 0.238 e. The van der Waals surface area contributed by atoms with Gasteiger partial charge in [0.2, 0.25) is 11.8 Å². The molecule has 0 saturated carbocycles. The van der Waals surface area contributed by atoms with Gasteiger partial charge in [0.05, 0.1) is 22.5 Å². The molecule has 0 radical (unpaired) electrons. The van der Waals surface area contributed by atoms with E-state index in [9.17, 15) is 9.59 Å². The van der Waals surface area contributed by atoms with E-state index < -0.39 is 0 Å². The lowest BCUT2D eigenvalue weighted by molar-refractivity contribution is -0.123. The van der Waals surface area contributed by atoms with Crippen LogP contribution in [0.15, 0.2) is 48.5 Å². The van der Waals surface area contributed by atoms with E-state index in [4.69, 9.17) is 23.2 Å². The smallest absolute Gasteiger partial charge is 0.238 e. The highest BCUT2D eigenvalue weighted by Crippen LogP contribution is 2.25. The van der Waals surface area contributed by atoms with Crippen LogP contribution in [0.4, 0.5) is 11.4 Å². The summed E-state index contributed by atoms with van der Waals surface area (Å²) in [5, 5.41) is 6.60. The Morgan fingerprint density at radius 2 is 1.78 bits per heavy atom. The molecule has 1 saturated heterocycles. The molecule has 1 atom stereocenters. The van der Waals surface area contributed by atoms with Gasteiger partial charge >= 0.3 is 0 Å². The zero-order valence-corrected chi connectivity index (χ0v) is 16.3. The first-order chi connectivity index (χ1) is 13.0. The molecule has 1 aliphatic rings. The zero-order chi connectivity index (χ0) is 19.2. The molecule has 0 spiro atoms. The van der Waals surface area contributed by atoms with Crippen LogP contribution in [0.3, 0.4) is 0 Å². The first-order valence-corrected chi connectivity index (χ1v) is 9.60. The summed E-state index contributed by atoms with van der Waals surface area (Å²) >= 11 is 11.9. The quantitative estimate of drug-likeness (QED) is 0.779. The summed E-state index contributed by atoms with van der Waals surface area (Å²) in [4.78, 5) is 26.8. The third-order valence-corrected chi connectivity index (χ3v) is 5.23. The van der Waals surface area contributed by atoms with Gasteiger partial charge in [-0.15, -0.1) is 0 Å². The molecule has 0 aromatic heterocycles. The number of hydrogen-bond acceptors (Lipinski definition) is 3. The summed E-state index contributed by atoms with van der Waals surface area (Å²) in [7, 11) is 0. The van der Waals surface area contributed by atoms with Crippen molar-refractivity contribution in [2.75, 3.05) is 30.3 Å². The maximum absolute atomic E-state index is 12.5. The molecule has 1 unspecified atom stereocenters. The summed E-state index contributed by atoms with van der Waals surface area (Å²) in [6.45, 7) is 1.59. The summed E-state index contributed by atoms with van der Waals surface area (Å²) < 4.78 is 0. The molecular formula is C20H21Cl2N3O2. The van der Waals surface area contributed by atoms with Crippen LogP contribution >= 0.6 is 23.2 Å². The number of halogens is 2. The van der Waals surface area contributed by atoms with Crippen molar-refractivity contribution in [2.24, 2.45) is 5.92 Å². The third-order valence-electron chi connectivity index (χ3n) is 4.49. The number of benzene rings is 2. The average Bonchev–Trinajstić information content (AvgIpc) is 2.66. The highest BCUT2D eigenvalue weighted by atomic mass is 35.5. The number of rotatable bonds is 5. The van der Waals surface area contributed by atoms with Gasteiger partial charge in [-0.3, -0.25) is 14.5 Å². The largest absolute Gasteiger partial charge is 0.326 e. The normalized spacial score (nSPS) is 17.3.